The number of hydrogen-bond donors (Lipinski definition) is 0. The van der Waals surface area contributed by atoms with E-state index in [1.165, 1.54) is 6.07 Å². The van der Waals surface area contributed by atoms with Crippen LogP contribution in [0.4, 0.5) is 19.0 Å². The molecule has 3 saturated heterocycles. The lowest BCUT2D eigenvalue weighted by Gasteiger charge is -2.44. The fourth-order valence-electron chi connectivity index (χ4n) is 6.61. The van der Waals surface area contributed by atoms with Crippen LogP contribution in [0.5, 0.6) is 0 Å². The summed E-state index contributed by atoms with van der Waals surface area (Å²) in [5, 5.41) is 0. The minimum Gasteiger partial charge on any atom is -0.464 e. The zero-order valence-corrected chi connectivity index (χ0v) is 21.3. The van der Waals surface area contributed by atoms with Gasteiger partial charge in [-0.2, -0.15) is 13.2 Å². The molecule has 0 unspecified atom stereocenters. The first-order chi connectivity index (χ1) is 17.8. The monoisotopic (exact) mass is 522 g/mol. The number of amides is 1. The lowest BCUT2D eigenvalue weighted by molar-refractivity contribution is -0.143. The molecular formula is C27H37F3N4O3. The molecule has 0 aromatic carbocycles. The Kier molecular flexibility index (Phi) is 8.04. The summed E-state index contributed by atoms with van der Waals surface area (Å²) in [6.07, 6.45) is 5.54. The van der Waals surface area contributed by atoms with Crippen LogP contribution in [0.15, 0.2) is 18.3 Å². The average Bonchev–Trinajstić information content (AvgIpc) is 3.35. The molecule has 37 heavy (non-hydrogen) atoms. The van der Waals surface area contributed by atoms with E-state index < -0.39 is 11.7 Å². The zero-order chi connectivity index (χ0) is 26.0. The van der Waals surface area contributed by atoms with E-state index in [4.69, 9.17) is 4.74 Å². The van der Waals surface area contributed by atoms with E-state index in [-0.39, 0.29) is 29.9 Å². The van der Waals surface area contributed by atoms with Crippen LogP contribution >= 0.6 is 0 Å². The third kappa shape index (κ3) is 5.95. The molecule has 0 N–H and O–H groups in total. The second-order valence-electron chi connectivity index (χ2n) is 11.0. The highest BCUT2D eigenvalue weighted by atomic mass is 19.4. The van der Waals surface area contributed by atoms with Crippen LogP contribution < -0.4 is 4.90 Å². The number of likely N-dealkylation sites (tertiary alicyclic amines) is 2. The Morgan fingerprint density at radius 1 is 0.919 bits per heavy atom. The molecule has 1 saturated carbocycles. The highest BCUT2D eigenvalue weighted by Gasteiger charge is 2.39. The second kappa shape index (κ2) is 11.3. The molecular weight excluding hydrogens is 485 g/mol. The predicted molar refractivity (Wildman–Crippen MR) is 132 cm³/mol. The van der Waals surface area contributed by atoms with Crippen LogP contribution in [-0.2, 0) is 20.5 Å². The van der Waals surface area contributed by atoms with Crippen LogP contribution in [0, 0.1) is 5.92 Å². The number of carbonyl (C=O) groups excluding carboxylic acids is 2. The van der Waals surface area contributed by atoms with E-state index in [0.29, 0.717) is 18.5 Å². The van der Waals surface area contributed by atoms with Gasteiger partial charge in [-0.1, -0.05) is 19.3 Å². The summed E-state index contributed by atoms with van der Waals surface area (Å²) in [6, 6.07) is 2.68. The van der Waals surface area contributed by atoms with E-state index in [0.717, 1.165) is 103 Å². The third-order valence-corrected chi connectivity index (χ3v) is 8.74. The maximum Gasteiger partial charge on any atom is 0.417 e. The number of anilines is 1. The maximum atomic E-state index is 13.7. The first kappa shape index (κ1) is 26.4. The van der Waals surface area contributed by atoms with Crippen LogP contribution in [0.2, 0.25) is 0 Å². The topological polar surface area (TPSA) is 66.0 Å². The van der Waals surface area contributed by atoms with Crippen molar-refractivity contribution >= 4 is 17.7 Å². The summed E-state index contributed by atoms with van der Waals surface area (Å²) in [7, 11) is 0. The number of alkyl halides is 3. The lowest BCUT2D eigenvalue weighted by atomic mass is 9.87. The van der Waals surface area contributed by atoms with Crippen LogP contribution in [-0.4, -0.2) is 77.6 Å². The van der Waals surface area contributed by atoms with Gasteiger partial charge in [-0.05, 0) is 50.7 Å². The summed E-state index contributed by atoms with van der Waals surface area (Å²) in [6.45, 7) is 3.96. The van der Waals surface area contributed by atoms with Crippen molar-refractivity contribution in [2.75, 3.05) is 37.7 Å². The van der Waals surface area contributed by atoms with Gasteiger partial charge in [0.25, 0.3) is 0 Å². The Labute approximate surface area is 216 Å². The normalized spacial score (nSPS) is 25.8. The van der Waals surface area contributed by atoms with Crippen molar-refractivity contribution in [3.63, 3.8) is 0 Å². The smallest absolute Gasteiger partial charge is 0.417 e. The van der Waals surface area contributed by atoms with Crippen molar-refractivity contribution in [3.8, 4) is 0 Å². The van der Waals surface area contributed by atoms with Gasteiger partial charge in [0, 0.05) is 56.8 Å². The number of halogens is 3. The van der Waals surface area contributed by atoms with Crippen molar-refractivity contribution in [1.29, 1.82) is 0 Å². The van der Waals surface area contributed by atoms with Gasteiger partial charge in [0.2, 0.25) is 5.91 Å². The predicted octanol–water partition coefficient (Wildman–Crippen LogP) is 4.26. The van der Waals surface area contributed by atoms with E-state index in [1.54, 1.807) is 4.90 Å². The molecule has 4 fully saturated rings. The number of aromatic nitrogens is 1. The molecule has 4 heterocycles. The molecule has 3 aliphatic heterocycles. The summed E-state index contributed by atoms with van der Waals surface area (Å²) < 4.78 is 44.5. The first-order valence-corrected chi connectivity index (χ1v) is 13.8. The SMILES string of the molecule is O=C1OCC[C@@H]1N1CCC(N2CCC(N(C(=O)C3CCCCC3)c3ccc(C(F)(F)F)cn3)CC2)CC1. The average molecular weight is 523 g/mol. The first-order valence-electron chi connectivity index (χ1n) is 13.8. The number of piperidine rings is 2. The Hall–Kier alpha value is -2.20. The van der Waals surface area contributed by atoms with E-state index in [2.05, 4.69) is 14.8 Å². The largest absolute Gasteiger partial charge is 0.464 e. The number of rotatable bonds is 5. The van der Waals surface area contributed by atoms with Crippen molar-refractivity contribution in [2.24, 2.45) is 5.92 Å². The Morgan fingerprint density at radius 3 is 2.16 bits per heavy atom. The Bertz CT molecular complexity index is 935. The molecule has 1 amide bonds. The number of hydrogen-bond acceptors (Lipinski definition) is 6. The van der Waals surface area contributed by atoms with Gasteiger partial charge >= 0.3 is 12.1 Å². The van der Waals surface area contributed by atoms with Crippen LogP contribution in [0.1, 0.15) is 69.8 Å². The second-order valence-corrected chi connectivity index (χ2v) is 11.0. The van der Waals surface area contributed by atoms with Gasteiger partial charge in [-0.15, -0.1) is 0 Å². The van der Waals surface area contributed by atoms with Gasteiger partial charge in [-0.25, -0.2) is 4.98 Å². The minimum absolute atomic E-state index is 0.0159. The van der Waals surface area contributed by atoms with Crippen molar-refractivity contribution in [2.45, 2.75) is 88.5 Å². The summed E-state index contributed by atoms with van der Waals surface area (Å²) >= 11 is 0. The van der Waals surface area contributed by atoms with Crippen molar-refractivity contribution in [1.82, 2.24) is 14.8 Å². The molecule has 7 nitrogen and oxygen atoms in total. The molecule has 1 aromatic heterocycles. The van der Waals surface area contributed by atoms with Gasteiger partial charge < -0.3 is 9.64 Å². The zero-order valence-electron chi connectivity index (χ0n) is 21.3. The molecule has 1 aliphatic carbocycles. The Balaban J connectivity index is 1.23. The fourth-order valence-corrected chi connectivity index (χ4v) is 6.61. The third-order valence-electron chi connectivity index (χ3n) is 8.74. The molecule has 10 heteroatoms. The number of cyclic esters (lactones) is 1. The number of ether oxygens (including phenoxy) is 1. The number of carbonyl (C=O) groups is 2. The van der Waals surface area contributed by atoms with E-state index in [9.17, 15) is 22.8 Å². The van der Waals surface area contributed by atoms with E-state index in [1.807, 2.05) is 0 Å². The molecule has 1 atom stereocenters. The molecule has 4 aliphatic rings. The standard InChI is InChI=1S/C27H37F3N4O3/c28-27(29,30)20-6-7-24(31-18-20)34(25(35)19-4-2-1-3-5-19)22-10-13-32(14-11-22)21-8-15-33(16-9-21)23-12-17-37-26(23)36/h6-7,18-19,21-23H,1-5,8-17H2/t23-/m0/s1. The summed E-state index contributed by atoms with van der Waals surface area (Å²) in [4.78, 5) is 36.2. The molecule has 0 bridgehead atoms. The fraction of sp³-hybridized carbons (Fsp3) is 0.741. The van der Waals surface area contributed by atoms with Gasteiger partial charge in [0.15, 0.2) is 0 Å². The van der Waals surface area contributed by atoms with Crippen molar-refractivity contribution < 1.29 is 27.5 Å². The van der Waals surface area contributed by atoms with Gasteiger partial charge in [0.1, 0.15) is 11.9 Å². The Morgan fingerprint density at radius 2 is 1.59 bits per heavy atom. The number of pyridine rings is 1. The minimum atomic E-state index is -4.46. The highest BCUT2D eigenvalue weighted by Crippen LogP contribution is 2.34. The van der Waals surface area contributed by atoms with E-state index >= 15 is 0 Å². The molecule has 204 valence electrons. The summed E-state index contributed by atoms with van der Waals surface area (Å²) in [5.74, 6) is 0.169. The molecule has 0 spiro atoms. The van der Waals surface area contributed by atoms with Crippen LogP contribution in [0.25, 0.3) is 0 Å². The summed E-state index contributed by atoms with van der Waals surface area (Å²) in [5.41, 5.74) is -0.798. The quantitative estimate of drug-likeness (QED) is 0.539. The molecule has 0 radical (unpaired) electrons. The van der Waals surface area contributed by atoms with Gasteiger partial charge in [0.05, 0.1) is 12.2 Å². The lowest BCUT2D eigenvalue weighted by Crippen LogP contribution is -2.54. The molecule has 5 rings (SSSR count). The maximum absolute atomic E-state index is 13.7. The molecule has 1 aromatic rings. The van der Waals surface area contributed by atoms with Gasteiger partial charge in [-0.3, -0.25) is 19.4 Å². The van der Waals surface area contributed by atoms with Crippen LogP contribution in [0.3, 0.4) is 0 Å². The van der Waals surface area contributed by atoms with Crippen molar-refractivity contribution in [3.05, 3.63) is 23.9 Å². The number of esters is 1. The number of nitrogens with zero attached hydrogens (tertiary/aromatic N) is 4. The highest BCUT2D eigenvalue weighted by molar-refractivity contribution is 5.94.